The van der Waals surface area contributed by atoms with Crippen LogP contribution in [0, 0.1) is 6.92 Å². The third kappa shape index (κ3) is 3.86. The van der Waals surface area contributed by atoms with Crippen LogP contribution < -0.4 is 4.57 Å². The first-order chi connectivity index (χ1) is 24.1. The molecule has 0 bridgehead atoms. The number of para-hydroxylation sites is 3. The highest BCUT2D eigenvalue weighted by Crippen LogP contribution is 2.56. The van der Waals surface area contributed by atoms with Gasteiger partial charge in [-0.05, 0) is 94.4 Å². The van der Waals surface area contributed by atoms with Crippen molar-refractivity contribution < 1.29 is 4.57 Å². The number of nitrogens with zero attached hydrogens (tertiary/aromatic N) is 4. The maximum atomic E-state index is 4.89. The van der Waals surface area contributed by atoms with Crippen LogP contribution in [0.3, 0.4) is 0 Å². The molecule has 10 rings (SSSR count). The van der Waals surface area contributed by atoms with E-state index >= 15 is 0 Å². The van der Waals surface area contributed by atoms with Crippen molar-refractivity contribution in [2.45, 2.75) is 12.3 Å². The van der Waals surface area contributed by atoms with E-state index < -0.39 is 5.41 Å². The van der Waals surface area contributed by atoms with E-state index in [0.29, 0.717) is 0 Å². The van der Waals surface area contributed by atoms with Gasteiger partial charge in [-0.3, -0.25) is 4.57 Å². The zero-order valence-corrected chi connectivity index (χ0v) is 27.4. The third-order valence-electron chi connectivity index (χ3n) is 10.6. The minimum absolute atomic E-state index is 0.552. The molecule has 1 aliphatic rings. The van der Waals surface area contributed by atoms with Crippen LogP contribution in [0.2, 0.25) is 0 Å². The second-order valence-corrected chi connectivity index (χ2v) is 13.3. The summed E-state index contributed by atoms with van der Waals surface area (Å²) in [6.45, 7) is 2.13. The lowest BCUT2D eigenvalue weighted by molar-refractivity contribution is -0.645. The Morgan fingerprint density at radius 2 is 1.24 bits per heavy atom. The lowest BCUT2D eigenvalue weighted by atomic mass is 9.67. The molecule has 0 saturated carbocycles. The van der Waals surface area contributed by atoms with Gasteiger partial charge in [-0.15, -0.1) is 0 Å². The topological polar surface area (TPSA) is 26.6 Å². The van der Waals surface area contributed by atoms with Gasteiger partial charge in [0.1, 0.15) is 11.5 Å². The summed E-state index contributed by atoms with van der Waals surface area (Å²) >= 11 is 0. The van der Waals surface area contributed by atoms with Crippen molar-refractivity contribution in [3.63, 3.8) is 0 Å². The Bertz CT molecular complexity index is 2720. The Morgan fingerprint density at radius 3 is 2.04 bits per heavy atom. The second kappa shape index (κ2) is 10.4. The van der Waals surface area contributed by atoms with Gasteiger partial charge in [-0.1, -0.05) is 103 Å². The average molecular weight is 630 g/mol. The molecule has 4 heteroatoms. The van der Waals surface area contributed by atoms with Crippen LogP contribution in [0.25, 0.3) is 55.5 Å². The van der Waals surface area contributed by atoms with E-state index in [0.717, 1.165) is 22.5 Å². The Labute approximate surface area is 284 Å². The van der Waals surface area contributed by atoms with Gasteiger partial charge < -0.3 is 0 Å². The van der Waals surface area contributed by atoms with Crippen LogP contribution in [0.5, 0.6) is 0 Å². The lowest BCUT2D eigenvalue weighted by Gasteiger charge is -2.34. The van der Waals surface area contributed by atoms with Gasteiger partial charge in [-0.25, -0.2) is 9.55 Å². The second-order valence-electron chi connectivity index (χ2n) is 13.3. The highest BCUT2D eigenvalue weighted by Gasteiger charge is 2.46. The number of imidazole rings is 1. The summed E-state index contributed by atoms with van der Waals surface area (Å²) in [6, 6.07) is 55.7. The van der Waals surface area contributed by atoms with E-state index in [-0.39, 0.29) is 0 Å². The van der Waals surface area contributed by atoms with Crippen LogP contribution >= 0.6 is 0 Å². The third-order valence-corrected chi connectivity index (χ3v) is 10.6. The molecule has 1 aliphatic carbocycles. The van der Waals surface area contributed by atoms with Crippen molar-refractivity contribution in [2.24, 2.45) is 7.05 Å². The molecular weight excluding hydrogens is 597 g/mol. The van der Waals surface area contributed by atoms with Gasteiger partial charge in [0.25, 0.3) is 0 Å². The Kier molecular flexibility index (Phi) is 5.89. The van der Waals surface area contributed by atoms with E-state index in [2.05, 4.69) is 186 Å². The van der Waals surface area contributed by atoms with Gasteiger partial charge in [-0.2, -0.15) is 4.57 Å². The SMILES string of the molecule is Cc1ccnc(-n2c3ccccc3c3ccc(C4(c5cccc(-n6c[n+](C)c7ccccc76)c5)c5ccccc5-c5ccccc54)cc32)c1. The fourth-order valence-corrected chi connectivity index (χ4v) is 8.48. The first-order valence-electron chi connectivity index (χ1n) is 16.9. The molecule has 0 aliphatic heterocycles. The number of rotatable bonds is 4. The molecule has 0 atom stereocenters. The van der Waals surface area contributed by atoms with Crippen LogP contribution in [-0.4, -0.2) is 14.1 Å². The van der Waals surface area contributed by atoms with E-state index in [1.807, 2.05) is 6.20 Å². The van der Waals surface area contributed by atoms with Crippen LogP contribution in [-0.2, 0) is 12.5 Å². The number of hydrogen-bond donors (Lipinski definition) is 0. The Morgan fingerprint density at radius 1 is 0.571 bits per heavy atom. The normalized spacial score (nSPS) is 13.3. The highest BCUT2D eigenvalue weighted by atomic mass is 15.1. The lowest BCUT2D eigenvalue weighted by Crippen LogP contribution is -2.29. The van der Waals surface area contributed by atoms with Crippen LogP contribution in [0.4, 0.5) is 0 Å². The van der Waals surface area contributed by atoms with Crippen LogP contribution in [0.1, 0.15) is 27.8 Å². The molecule has 49 heavy (non-hydrogen) atoms. The van der Waals surface area contributed by atoms with Gasteiger partial charge in [0.05, 0.1) is 23.5 Å². The number of fused-ring (bicyclic) bond motifs is 7. The molecule has 232 valence electrons. The van der Waals surface area contributed by atoms with E-state index in [1.165, 1.54) is 60.8 Å². The summed E-state index contributed by atoms with van der Waals surface area (Å²) in [6.07, 6.45) is 4.10. The van der Waals surface area contributed by atoms with Crippen molar-refractivity contribution in [1.82, 2.24) is 14.1 Å². The molecule has 0 unspecified atom stereocenters. The molecule has 0 spiro atoms. The van der Waals surface area contributed by atoms with Crippen molar-refractivity contribution >= 4 is 32.8 Å². The summed E-state index contributed by atoms with van der Waals surface area (Å²) in [5.41, 5.74) is 14.1. The first-order valence-corrected chi connectivity index (χ1v) is 16.9. The minimum Gasteiger partial charge on any atom is -0.294 e. The number of pyridine rings is 1. The monoisotopic (exact) mass is 629 g/mol. The van der Waals surface area contributed by atoms with Gasteiger partial charge >= 0.3 is 0 Å². The number of hydrogen-bond acceptors (Lipinski definition) is 1. The maximum absolute atomic E-state index is 4.89. The summed E-state index contributed by atoms with van der Waals surface area (Å²) in [5.74, 6) is 0.930. The van der Waals surface area contributed by atoms with E-state index in [9.17, 15) is 0 Å². The Hall–Kier alpha value is -6.26. The molecule has 0 fully saturated rings. The minimum atomic E-state index is -0.552. The molecule has 0 amide bonds. The molecule has 3 heterocycles. The zero-order valence-electron chi connectivity index (χ0n) is 27.4. The molecule has 0 radical (unpaired) electrons. The van der Waals surface area contributed by atoms with Gasteiger partial charge in [0.15, 0.2) is 11.0 Å². The summed E-state index contributed by atoms with van der Waals surface area (Å²) < 4.78 is 6.85. The predicted octanol–water partition coefficient (Wildman–Crippen LogP) is 9.62. The average Bonchev–Trinajstić information content (AvgIpc) is 3.77. The molecular formula is C45H33N4+. The zero-order chi connectivity index (χ0) is 32.7. The van der Waals surface area contributed by atoms with E-state index in [4.69, 9.17) is 4.98 Å². The first kappa shape index (κ1) is 27.8. The summed E-state index contributed by atoms with van der Waals surface area (Å²) in [5, 5.41) is 2.44. The molecule has 0 N–H and O–H groups in total. The molecule has 0 saturated heterocycles. The quantitative estimate of drug-likeness (QED) is 0.178. The van der Waals surface area contributed by atoms with Crippen molar-refractivity contribution in [3.8, 4) is 22.6 Å². The molecule has 3 aromatic heterocycles. The summed E-state index contributed by atoms with van der Waals surface area (Å²) in [7, 11) is 2.12. The van der Waals surface area contributed by atoms with Crippen molar-refractivity contribution in [3.05, 3.63) is 192 Å². The van der Waals surface area contributed by atoms with Gasteiger partial charge in [0, 0.05) is 17.0 Å². The molecule has 6 aromatic carbocycles. The Balaban J connectivity index is 1.32. The largest absolute Gasteiger partial charge is 0.294 e. The molecule has 4 nitrogen and oxygen atoms in total. The highest BCUT2D eigenvalue weighted by molar-refractivity contribution is 6.09. The fourth-order valence-electron chi connectivity index (χ4n) is 8.48. The number of aromatic nitrogens is 4. The standard InChI is InChI=1S/C45H33N4/c1-30-24-25-46-44(26-30)49-40-19-8-5-16-36(40)37-23-22-32(28-43(37)49)45(38-17-6-3-14-34(38)35-15-4-7-18-39(35)45)31-12-11-13-33(27-31)48-29-47(2)41-20-9-10-21-42(41)48/h3-29H,1-2H3/q+1. The maximum Gasteiger partial charge on any atom is 0.249 e. The fraction of sp³-hybridized carbons (Fsp3) is 0.0667. The molecule has 9 aromatic rings. The van der Waals surface area contributed by atoms with E-state index in [1.54, 1.807) is 0 Å². The number of benzene rings is 6. The van der Waals surface area contributed by atoms with Crippen molar-refractivity contribution in [2.75, 3.05) is 0 Å². The van der Waals surface area contributed by atoms with Crippen molar-refractivity contribution in [1.29, 1.82) is 0 Å². The smallest absolute Gasteiger partial charge is 0.249 e. The predicted molar refractivity (Wildman–Crippen MR) is 199 cm³/mol. The number of aryl methyl sites for hydroxylation is 2. The summed E-state index contributed by atoms with van der Waals surface area (Å²) in [4.78, 5) is 4.89. The van der Waals surface area contributed by atoms with Gasteiger partial charge in [0.2, 0.25) is 6.33 Å². The van der Waals surface area contributed by atoms with Crippen LogP contribution in [0.15, 0.2) is 164 Å².